The van der Waals surface area contributed by atoms with Crippen molar-refractivity contribution in [1.29, 1.82) is 0 Å². The molecule has 0 aromatic carbocycles. The maximum Gasteiger partial charge on any atom is 0.211 e. The Balaban J connectivity index is 1.86. The molecule has 0 fully saturated rings. The molecule has 2 aromatic heterocycles. The average Bonchev–Trinajstić information content (AvgIpc) is 2.96. The van der Waals surface area contributed by atoms with Crippen LogP contribution in [0.1, 0.15) is 30.2 Å². The van der Waals surface area contributed by atoms with Gasteiger partial charge in [-0.2, -0.15) is 5.10 Å². The third-order valence-electron chi connectivity index (χ3n) is 2.64. The second-order valence-electron chi connectivity index (χ2n) is 4.25. The van der Waals surface area contributed by atoms with Gasteiger partial charge in [0.05, 0.1) is 31.6 Å². The predicted molar refractivity (Wildman–Crippen MR) is 65.8 cm³/mol. The monoisotopic (exact) mass is 250 g/mol. The molecule has 0 saturated heterocycles. The topological polar surface area (TPSA) is 76.1 Å². The van der Waals surface area contributed by atoms with Gasteiger partial charge in [0, 0.05) is 18.3 Å². The maximum absolute atomic E-state index is 8.80. The SMILES string of the molecule is Cc1cnc(C(C)NCc2cnn(CCO)c2)o1. The highest BCUT2D eigenvalue weighted by molar-refractivity contribution is 5.04. The van der Waals surface area contributed by atoms with Crippen molar-refractivity contribution in [1.82, 2.24) is 20.1 Å². The highest BCUT2D eigenvalue weighted by Crippen LogP contribution is 2.12. The fourth-order valence-corrected chi connectivity index (χ4v) is 1.65. The number of nitrogens with one attached hydrogen (secondary N) is 1. The van der Waals surface area contributed by atoms with E-state index in [0.29, 0.717) is 19.0 Å². The number of hydrogen-bond acceptors (Lipinski definition) is 5. The highest BCUT2D eigenvalue weighted by Gasteiger charge is 2.10. The lowest BCUT2D eigenvalue weighted by Gasteiger charge is -2.08. The van der Waals surface area contributed by atoms with Crippen molar-refractivity contribution in [2.45, 2.75) is 33.0 Å². The second kappa shape index (κ2) is 5.79. The van der Waals surface area contributed by atoms with Crippen LogP contribution in [0.3, 0.4) is 0 Å². The summed E-state index contributed by atoms with van der Waals surface area (Å²) in [5.41, 5.74) is 1.07. The van der Waals surface area contributed by atoms with Crippen molar-refractivity contribution in [2.24, 2.45) is 0 Å². The summed E-state index contributed by atoms with van der Waals surface area (Å²) in [5, 5.41) is 16.3. The summed E-state index contributed by atoms with van der Waals surface area (Å²) in [6, 6.07) is 0.0555. The van der Waals surface area contributed by atoms with Crippen LogP contribution in [0, 0.1) is 6.92 Å². The molecule has 0 spiro atoms. The van der Waals surface area contributed by atoms with E-state index in [-0.39, 0.29) is 12.6 Å². The van der Waals surface area contributed by atoms with E-state index in [1.807, 2.05) is 20.0 Å². The molecule has 6 nitrogen and oxygen atoms in total. The van der Waals surface area contributed by atoms with Gasteiger partial charge in [-0.15, -0.1) is 0 Å². The molecule has 1 unspecified atom stereocenters. The quantitative estimate of drug-likeness (QED) is 0.800. The zero-order chi connectivity index (χ0) is 13.0. The van der Waals surface area contributed by atoms with E-state index in [4.69, 9.17) is 9.52 Å². The zero-order valence-corrected chi connectivity index (χ0v) is 10.6. The molecule has 2 rings (SSSR count). The van der Waals surface area contributed by atoms with Crippen LogP contribution in [0.4, 0.5) is 0 Å². The Kier molecular flexibility index (Phi) is 4.11. The molecular formula is C12H18N4O2. The Morgan fingerprint density at radius 1 is 1.50 bits per heavy atom. The Labute approximate surface area is 106 Å². The maximum atomic E-state index is 8.80. The van der Waals surface area contributed by atoms with Crippen LogP contribution in [-0.4, -0.2) is 26.5 Å². The predicted octanol–water partition coefficient (Wildman–Crippen LogP) is 1.02. The number of aliphatic hydroxyl groups excluding tert-OH is 1. The van der Waals surface area contributed by atoms with E-state index >= 15 is 0 Å². The molecule has 0 amide bonds. The summed E-state index contributed by atoms with van der Waals surface area (Å²) in [7, 11) is 0. The first-order valence-corrected chi connectivity index (χ1v) is 5.97. The van der Waals surface area contributed by atoms with Crippen LogP contribution >= 0.6 is 0 Å². The average molecular weight is 250 g/mol. The first kappa shape index (κ1) is 12.8. The number of aliphatic hydroxyl groups is 1. The molecule has 2 heterocycles. The molecule has 0 aliphatic rings. The number of oxazole rings is 1. The Morgan fingerprint density at radius 3 is 3.00 bits per heavy atom. The molecule has 98 valence electrons. The summed E-state index contributed by atoms with van der Waals surface area (Å²) < 4.78 is 7.17. The molecule has 1 atom stereocenters. The second-order valence-corrected chi connectivity index (χ2v) is 4.25. The third-order valence-corrected chi connectivity index (χ3v) is 2.64. The molecular weight excluding hydrogens is 232 g/mol. The van der Waals surface area contributed by atoms with Crippen molar-refractivity contribution >= 4 is 0 Å². The van der Waals surface area contributed by atoms with Gasteiger partial charge in [0.25, 0.3) is 0 Å². The normalized spacial score (nSPS) is 12.8. The van der Waals surface area contributed by atoms with E-state index in [1.54, 1.807) is 17.1 Å². The number of hydrogen-bond donors (Lipinski definition) is 2. The lowest BCUT2D eigenvalue weighted by Crippen LogP contribution is -2.18. The Morgan fingerprint density at radius 2 is 2.33 bits per heavy atom. The van der Waals surface area contributed by atoms with Gasteiger partial charge in [-0.05, 0) is 13.8 Å². The van der Waals surface area contributed by atoms with E-state index in [9.17, 15) is 0 Å². The van der Waals surface area contributed by atoms with Gasteiger partial charge < -0.3 is 14.8 Å². The zero-order valence-electron chi connectivity index (χ0n) is 10.6. The molecule has 6 heteroatoms. The Bertz CT molecular complexity index is 492. The van der Waals surface area contributed by atoms with Crippen molar-refractivity contribution in [3.63, 3.8) is 0 Å². The lowest BCUT2D eigenvalue weighted by molar-refractivity contribution is 0.269. The van der Waals surface area contributed by atoms with Crippen molar-refractivity contribution < 1.29 is 9.52 Å². The first-order chi connectivity index (χ1) is 8.69. The number of aryl methyl sites for hydroxylation is 1. The van der Waals surface area contributed by atoms with Crippen molar-refractivity contribution in [2.75, 3.05) is 6.61 Å². The van der Waals surface area contributed by atoms with Crippen LogP contribution in [-0.2, 0) is 13.1 Å². The third kappa shape index (κ3) is 3.18. The molecule has 2 aromatic rings. The number of aromatic nitrogens is 3. The first-order valence-electron chi connectivity index (χ1n) is 5.97. The Hall–Kier alpha value is -1.66. The fourth-order valence-electron chi connectivity index (χ4n) is 1.65. The summed E-state index contributed by atoms with van der Waals surface area (Å²) in [4.78, 5) is 4.18. The van der Waals surface area contributed by atoms with Crippen LogP contribution in [0.5, 0.6) is 0 Å². The van der Waals surface area contributed by atoms with Crippen LogP contribution in [0.25, 0.3) is 0 Å². The van der Waals surface area contributed by atoms with E-state index in [0.717, 1.165) is 11.3 Å². The standard InChI is InChI=1S/C12H18N4O2/c1-9-5-14-12(18-9)10(2)13-6-11-7-15-16(8-11)3-4-17/h5,7-8,10,13,17H,3-4,6H2,1-2H3. The van der Waals surface area contributed by atoms with Gasteiger partial charge in [0.15, 0.2) is 0 Å². The molecule has 0 aliphatic heterocycles. The van der Waals surface area contributed by atoms with Gasteiger partial charge in [-0.3, -0.25) is 4.68 Å². The molecule has 18 heavy (non-hydrogen) atoms. The number of rotatable bonds is 6. The van der Waals surface area contributed by atoms with Gasteiger partial charge in [-0.1, -0.05) is 0 Å². The van der Waals surface area contributed by atoms with Crippen LogP contribution < -0.4 is 5.32 Å². The lowest BCUT2D eigenvalue weighted by atomic mass is 10.3. The van der Waals surface area contributed by atoms with Crippen LogP contribution in [0.15, 0.2) is 23.0 Å². The van der Waals surface area contributed by atoms with Gasteiger partial charge in [-0.25, -0.2) is 4.98 Å². The molecule has 0 radical (unpaired) electrons. The number of nitrogens with zero attached hydrogens (tertiary/aromatic N) is 3. The van der Waals surface area contributed by atoms with Crippen LogP contribution in [0.2, 0.25) is 0 Å². The highest BCUT2D eigenvalue weighted by atomic mass is 16.4. The summed E-state index contributed by atoms with van der Waals surface area (Å²) >= 11 is 0. The largest absolute Gasteiger partial charge is 0.444 e. The van der Waals surface area contributed by atoms with Gasteiger partial charge in [0.2, 0.25) is 5.89 Å². The summed E-state index contributed by atoms with van der Waals surface area (Å²) in [6.07, 6.45) is 5.42. The van der Waals surface area contributed by atoms with Gasteiger partial charge >= 0.3 is 0 Å². The smallest absolute Gasteiger partial charge is 0.211 e. The fraction of sp³-hybridized carbons (Fsp3) is 0.500. The van der Waals surface area contributed by atoms with E-state index in [2.05, 4.69) is 15.4 Å². The van der Waals surface area contributed by atoms with E-state index < -0.39 is 0 Å². The molecule has 0 saturated carbocycles. The summed E-state index contributed by atoms with van der Waals surface area (Å²) in [6.45, 7) is 5.19. The minimum absolute atomic E-state index is 0.0555. The molecule has 0 aliphatic carbocycles. The van der Waals surface area contributed by atoms with Crippen molar-refractivity contribution in [3.8, 4) is 0 Å². The molecule has 0 bridgehead atoms. The van der Waals surface area contributed by atoms with Crippen molar-refractivity contribution in [3.05, 3.63) is 35.8 Å². The van der Waals surface area contributed by atoms with E-state index in [1.165, 1.54) is 0 Å². The minimum Gasteiger partial charge on any atom is -0.444 e. The molecule has 2 N–H and O–H groups in total. The summed E-state index contributed by atoms with van der Waals surface area (Å²) in [5.74, 6) is 1.50. The minimum atomic E-state index is 0.0555. The van der Waals surface area contributed by atoms with Gasteiger partial charge in [0.1, 0.15) is 5.76 Å².